The van der Waals surface area contributed by atoms with Gasteiger partial charge in [0.25, 0.3) is 0 Å². The second-order valence-corrected chi connectivity index (χ2v) is 5.33. The highest BCUT2D eigenvalue weighted by Crippen LogP contribution is 2.29. The summed E-state index contributed by atoms with van der Waals surface area (Å²) in [6.07, 6.45) is -3.39. The highest BCUT2D eigenvalue weighted by atomic mass is 32.1. The minimum absolute atomic E-state index is 0.392. The lowest BCUT2D eigenvalue weighted by atomic mass is 10.1. The van der Waals surface area contributed by atoms with E-state index in [1.807, 2.05) is 12.3 Å². The average molecular weight is 300 g/mol. The molecule has 0 atom stereocenters. The maximum absolute atomic E-state index is 12.6. The Morgan fingerprint density at radius 3 is 2.70 bits per heavy atom. The topological polar surface area (TPSA) is 24.9 Å². The number of alkyl halides is 3. The molecule has 2 aromatic rings. The van der Waals surface area contributed by atoms with Crippen molar-refractivity contribution in [2.45, 2.75) is 32.6 Å². The Bertz CT molecular complexity index is 564. The van der Waals surface area contributed by atoms with Gasteiger partial charge in [0.2, 0.25) is 0 Å². The molecule has 0 aliphatic carbocycles. The van der Waals surface area contributed by atoms with E-state index in [0.29, 0.717) is 18.7 Å². The molecule has 0 aliphatic rings. The number of benzene rings is 1. The molecular weight excluding hydrogens is 285 g/mol. The normalized spacial score (nSPS) is 11.8. The van der Waals surface area contributed by atoms with E-state index >= 15 is 0 Å². The van der Waals surface area contributed by atoms with Gasteiger partial charge in [0, 0.05) is 18.5 Å². The van der Waals surface area contributed by atoms with Crippen molar-refractivity contribution in [3.8, 4) is 0 Å². The lowest BCUT2D eigenvalue weighted by Gasteiger charge is -2.09. The lowest BCUT2D eigenvalue weighted by molar-refractivity contribution is -0.137. The van der Waals surface area contributed by atoms with Crippen LogP contribution < -0.4 is 5.32 Å². The van der Waals surface area contributed by atoms with E-state index in [9.17, 15) is 13.2 Å². The second kappa shape index (κ2) is 6.37. The standard InChI is InChI=1S/C14H15F3N2S/c1-2-13-19-12(9-20-13)8-18-7-10-4-3-5-11(6-10)14(15,16)17/h3-6,9,18H,2,7-8H2,1H3. The monoisotopic (exact) mass is 300 g/mol. The molecule has 0 unspecified atom stereocenters. The fourth-order valence-electron chi connectivity index (χ4n) is 1.79. The molecule has 1 N–H and O–H groups in total. The smallest absolute Gasteiger partial charge is 0.307 e. The van der Waals surface area contributed by atoms with E-state index < -0.39 is 11.7 Å². The van der Waals surface area contributed by atoms with Crippen molar-refractivity contribution in [1.29, 1.82) is 0 Å². The van der Waals surface area contributed by atoms with Crippen LogP contribution in [0.4, 0.5) is 13.2 Å². The van der Waals surface area contributed by atoms with Crippen molar-refractivity contribution in [2.75, 3.05) is 0 Å². The molecular formula is C14H15F3N2S. The molecule has 0 radical (unpaired) electrons. The Labute approximate surface area is 119 Å². The number of hydrogen-bond acceptors (Lipinski definition) is 3. The summed E-state index contributed by atoms with van der Waals surface area (Å²) in [5, 5.41) is 6.15. The molecule has 1 heterocycles. The van der Waals surface area contributed by atoms with E-state index in [4.69, 9.17) is 0 Å². The molecule has 0 spiro atoms. The van der Waals surface area contributed by atoms with Gasteiger partial charge in [-0.15, -0.1) is 11.3 Å². The molecule has 0 saturated heterocycles. The van der Waals surface area contributed by atoms with Gasteiger partial charge < -0.3 is 5.32 Å². The van der Waals surface area contributed by atoms with Gasteiger partial charge >= 0.3 is 6.18 Å². The van der Waals surface area contributed by atoms with E-state index in [1.165, 1.54) is 12.1 Å². The molecule has 6 heteroatoms. The van der Waals surface area contributed by atoms with Crippen LogP contribution in [0.3, 0.4) is 0 Å². The number of hydrogen-bond donors (Lipinski definition) is 1. The van der Waals surface area contributed by atoms with E-state index in [-0.39, 0.29) is 0 Å². The van der Waals surface area contributed by atoms with Crippen molar-refractivity contribution >= 4 is 11.3 Å². The number of aryl methyl sites for hydroxylation is 1. The highest BCUT2D eigenvalue weighted by Gasteiger charge is 2.30. The number of rotatable bonds is 5. The minimum Gasteiger partial charge on any atom is -0.307 e. The Balaban J connectivity index is 1.91. The van der Waals surface area contributed by atoms with Crippen LogP contribution in [-0.4, -0.2) is 4.98 Å². The van der Waals surface area contributed by atoms with Crippen molar-refractivity contribution in [2.24, 2.45) is 0 Å². The van der Waals surface area contributed by atoms with Crippen LogP contribution in [0.2, 0.25) is 0 Å². The molecule has 0 bridgehead atoms. The van der Waals surface area contributed by atoms with E-state index in [1.54, 1.807) is 17.4 Å². The minimum atomic E-state index is -4.29. The summed E-state index contributed by atoms with van der Waals surface area (Å²) in [4.78, 5) is 4.39. The third-order valence-electron chi connectivity index (χ3n) is 2.79. The van der Waals surface area contributed by atoms with Gasteiger partial charge in [0.1, 0.15) is 0 Å². The zero-order chi connectivity index (χ0) is 14.6. The van der Waals surface area contributed by atoms with Crippen molar-refractivity contribution in [3.63, 3.8) is 0 Å². The molecule has 20 heavy (non-hydrogen) atoms. The molecule has 0 saturated carbocycles. The first-order chi connectivity index (χ1) is 9.49. The molecule has 0 amide bonds. The summed E-state index contributed by atoms with van der Waals surface area (Å²) < 4.78 is 37.7. The van der Waals surface area contributed by atoms with Crippen molar-refractivity contribution < 1.29 is 13.2 Å². The Morgan fingerprint density at radius 1 is 1.25 bits per heavy atom. The fraction of sp³-hybridized carbons (Fsp3) is 0.357. The zero-order valence-corrected chi connectivity index (χ0v) is 11.8. The van der Waals surface area contributed by atoms with Crippen LogP contribution in [0, 0.1) is 0 Å². The Hall–Kier alpha value is -1.40. The predicted molar refractivity (Wildman–Crippen MR) is 73.5 cm³/mol. The first-order valence-electron chi connectivity index (χ1n) is 6.29. The van der Waals surface area contributed by atoms with Crippen molar-refractivity contribution in [1.82, 2.24) is 10.3 Å². The summed E-state index contributed by atoms with van der Waals surface area (Å²) in [7, 11) is 0. The van der Waals surface area contributed by atoms with Crippen LogP contribution >= 0.6 is 11.3 Å². The quantitative estimate of drug-likeness (QED) is 0.902. The van der Waals surface area contributed by atoms with Crippen molar-refractivity contribution in [3.05, 3.63) is 51.5 Å². The maximum Gasteiger partial charge on any atom is 0.416 e. The number of thiazole rings is 1. The second-order valence-electron chi connectivity index (χ2n) is 4.39. The highest BCUT2D eigenvalue weighted by molar-refractivity contribution is 7.09. The molecule has 0 fully saturated rings. The van der Waals surface area contributed by atoms with Gasteiger partial charge in [0.05, 0.1) is 16.3 Å². The summed E-state index contributed by atoms with van der Waals surface area (Å²) in [6.45, 7) is 2.99. The number of nitrogens with one attached hydrogen (secondary N) is 1. The predicted octanol–water partition coefficient (Wildman–Crippen LogP) is 4.01. The van der Waals surface area contributed by atoms with Crippen LogP contribution in [0.5, 0.6) is 0 Å². The average Bonchev–Trinajstić information content (AvgIpc) is 2.86. The zero-order valence-electron chi connectivity index (χ0n) is 11.0. The molecule has 2 rings (SSSR count). The SMILES string of the molecule is CCc1nc(CNCc2cccc(C(F)(F)F)c2)cs1. The van der Waals surface area contributed by atoms with Crippen LogP contribution in [0.25, 0.3) is 0 Å². The summed E-state index contributed by atoms with van der Waals surface area (Å²) in [6, 6.07) is 5.36. The lowest BCUT2D eigenvalue weighted by Crippen LogP contribution is -2.14. The van der Waals surface area contributed by atoms with Crippen LogP contribution in [-0.2, 0) is 25.7 Å². The number of halogens is 3. The third-order valence-corrected chi connectivity index (χ3v) is 3.83. The summed E-state index contributed by atoms with van der Waals surface area (Å²) in [5.41, 5.74) is 0.934. The molecule has 2 nitrogen and oxygen atoms in total. The molecule has 0 aliphatic heterocycles. The Kier molecular flexibility index (Phi) is 4.77. The van der Waals surface area contributed by atoms with Gasteiger partial charge in [-0.3, -0.25) is 0 Å². The van der Waals surface area contributed by atoms with Crippen LogP contribution in [0.15, 0.2) is 29.6 Å². The maximum atomic E-state index is 12.6. The van der Waals surface area contributed by atoms with Gasteiger partial charge in [-0.25, -0.2) is 4.98 Å². The fourth-order valence-corrected chi connectivity index (χ4v) is 2.53. The summed E-state index contributed by atoms with van der Waals surface area (Å²) >= 11 is 1.60. The first-order valence-corrected chi connectivity index (χ1v) is 7.17. The number of nitrogens with zero attached hydrogens (tertiary/aromatic N) is 1. The first kappa shape index (κ1) is 15.0. The molecule has 1 aromatic carbocycles. The third kappa shape index (κ3) is 4.05. The van der Waals surface area contributed by atoms with E-state index in [0.717, 1.165) is 23.2 Å². The molecule has 1 aromatic heterocycles. The largest absolute Gasteiger partial charge is 0.416 e. The molecule has 108 valence electrons. The van der Waals surface area contributed by atoms with Gasteiger partial charge in [-0.2, -0.15) is 13.2 Å². The van der Waals surface area contributed by atoms with Gasteiger partial charge in [-0.05, 0) is 18.1 Å². The van der Waals surface area contributed by atoms with Gasteiger partial charge in [0.15, 0.2) is 0 Å². The Morgan fingerprint density at radius 2 is 2.05 bits per heavy atom. The van der Waals surface area contributed by atoms with Crippen LogP contribution in [0.1, 0.15) is 28.8 Å². The summed E-state index contributed by atoms with van der Waals surface area (Å²) in [5.74, 6) is 0. The van der Waals surface area contributed by atoms with Gasteiger partial charge in [-0.1, -0.05) is 25.1 Å². The van der Waals surface area contributed by atoms with E-state index in [2.05, 4.69) is 10.3 Å². The number of aromatic nitrogens is 1.